The largest absolute Gasteiger partial charge is 0.594 e. The van der Waals surface area contributed by atoms with Gasteiger partial charge in [0.15, 0.2) is 6.08 Å². The van der Waals surface area contributed by atoms with Gasteiger partial charge in [-0.1, -0.05) is 20.8 Å². The van der Waals surface area contributed by atoms with E-state index in [9.17, 15) is 15.0 Å². The number of nitrogens with zero attached hydrogens (tertiary/aromatic N) is 3. The zero-order valence-electron chi connectivity index (χ0n) is 12.3. The van der Waals surface area contributed by atoms with E-state index in [2.05, 4.69) is 10.3 Å². The molecule has 0 saturated carbocycles. The maximum atomic E-state index is 11.5. The third-order valence-electron chi connectivity index (χ3n) is 2.42. The number of carboxylic acid groups (broad SMARTS) is 1. The van der Waals surface area contributed by atoms with Crippen LogP contribution in [0.5, 0.6) is 0 Å². The molecule has 116 valence electrons. The van der Waals surface area contributed by atoms with E-state index in [1.165, 1.54) is 35.1 Å². The second-order valence-corrected chi connectivity index (χ2v) is 5.41. The van der Waals surface area contributed by atoms with Gasteiger partial charge in [-0.05, 0) is 22.4 Å². The van der Waals surface area contributed by atoms with Crippen LogP contribution in [0.3, 0.4) is 0 Å². The molecule has 0 unspecified atom stereocenters. The van der Waals surface area contributed by atoms with Gasteiger partial charge in [-0.15, -0.1) is 0 Å². The summed E-state index contributed by atoms with van der Waals surface area (Å²) in [6, 6.07) is 5.78. The van der Waals surface area contributed by atoms with Gasteiger partial charge in [0.25, 0.3) is 6.20 Å². The third-order valence-corrected chi connectivity index (χ3v) is 2.42. The maximum absolute atomic E-state index is 11.5. The fraction of sp³-hybridized carbons (Fsp3) is 0.286. The van der Waals surface area contributed by atoms with E-state index in [1.807, 2.05) is 0 Å². The first kappa shape index (κ1) is 15.5. The number of aromatic nitrogens is 2. The molecule has 0 bridgehead atoms. The Morgan fingerprint density at radius 2 is 1.91 bits per heavy atom. The van der Waals surface area contributed by atoms with Crippen LogP contribution in [0.1, 0.15) is 31.1 Å². The van der Waals surface area contributed by atoms with E-state index >= 15 is 0 Å². The van der Waals surface area contributed by atoms with Crippen molar-refractivity contribution in [2.75, 3.05) is 0 Å². The molecule has 0 aliphatic carbocycles. The third kappa shape index (κ3) is 4.05. The fourth-order valence-corrected chi connectivity index (χ4v) is 1.53. The van der Waals surface area contributed by atoms with Crippen LogP contribution in [-0.4, -0.2) is 22.9 Å². The van der Waals surface area contributed by atoms with Gasteiger partial charge >= 0.3 is 5.88 Å². The van der Waals surface area contributed by atoms with Crippen LogP contribution in [-0.2, 0) is 4.74 Å². The zero-order valence-corrected chi connectivity index (χ0v) is 12.3. The molecule has 1 heterocycles. The summed E-state index contributed by atoms with van der Waals surface area (Å²) in [5, 5.41) is 25.9. The minimum atomic E-state index is -1.27. The summed E-state index contributed by atoms with van der Waals surface area (Å²) in [4.78, 5) is 14.3. The first-order valence-electron chi connectivity index (χ1n) is 6.40. The topological polar surface area (TPSA) is 115 Å². The van der Waals surface area contributed by atoms with E-state index in [0.29, 0.717) is 5.69 Å². The molecular weight excluding hydrogens is 290 g/mol. The Morgan fingerprint density at radius 3 is 2.45 bits per heavy atom. The molecule has 8 nitrogen and oxygen atoms in total. The number of ether oxygens (including phenoxy) is 1. The molecule has 0 radical (unpaired) electrons. The highest BCUT2D eigenvalue weighted by Gasteiger charge is 2.15. The minimum absolute atomic E-state index is 0.0294. The SMILES string of the molecule is CC(C)(C)OC([O-])=Nc1c[n+](-c2ccc(C(=O)[O-])cc2)no1. The van der Waals surface area contributed by atoms with E-state index in [4.69, 9.17) is 9.26 Å². The highest BCUT2D eigenvalue weighted by molar-refractivity contribution is 5.85. The van der Waals surface area contributed by atoms with Gasteiger partial charge in [0, 0.05) is 17.7 Å². The summed E-state index contributed by atoms with van der Waals surface area (Å²) < 4.78 is 11.2. The molecule has 1 aromatic heterocycles. The lowest BCUT2D eigenvalue weighted by Gasteiger charge is -2.28. The first-order valence-corrected chi connectivity index (χ1v) is 6.40. The number of benzene rings is 1. The fourth-order valence-electron chi connectivity index (χ4n) is 1.53. The standard InChI is InChI=1S/C14H15N3O5/c1-14(2,3)21-13(20)15-11-8-17(16-22-11)10-6-4-9(5-7-10)12(18)19/h4-8H,1-3H3,(H-,15,16,18,19,20)/p-1. The van der Waals surface area contributed by atoms with Crippen molar-refractivity contribution in [2.24, 2.45) is 4.99 Å². The Bertz CT molecular complexity index is 698. The van der Waals surface area contributed by atoms with Crippen molar-refractivity contribution in [2.45, 2.75) is 26.4 Å². The monoisotopic (exact) mass is 304 g/mol. The summed E-state index contributed by atoms with van der Waals surface area (Å²) >= 11 is 0. The van der Waals surface area contributed by atoms with Crippen LogP contribution in [0, 0.1) is 0 Å². The lowest BCUT2D eigenvalue weighted by Crippen LogP contribution is -2.32. The smallest absolute Gasteiger partial charge is 0.323 e. The predicted octanol–water partition coefficient (Wildman–Crippen LogP) is -0.522. The Kier molecular flexibility index (Phi) is 4.11. The summed E-state index contributed by atoms with van der Waals surface area (Å²) in [5.74, 6) is -1.30. The molecule has 1 aromatic carbocycles. The van der Waals surface area contributed by atoms with Gasteiger partial charge in [-0.2, -0.15) is 4.99 Å². The van der Waals surface area contributed by atoms with Crippen LogP contribution in [0.25, 0.3) is 5.69 Å². The number of carbonyl (C=O) groups is 1. The molecule has 0 saturated heterocycles. The summed E-state index contributed by atoms with van der Waals surface area (Å²) in [7, 11) is 0. The molecule has 0 aliphatic heterocycles. The Morgan fingerprint density at radius 1 is 1.27 bits per heavy atom. The number of rotatable bonds is 3. The molecule has 0 amide bonds. The highest BCUT2D eigenvalue weighted by atomic mass is 16.6. The van der Waals surface area contributed by atoms with Crippen LogP contribution in [0.2, 0.25) is 0 Å². The number of aromatic carboxylic acids is 1. The Hall–Kier alpha value is -2.90. The predicted molar refractivity (Wildman–Crippen MR) is 70.3 cm³/mol. The second kappa shape index (κ2) is 5.84. The van der Waals surface area contributed by atoms with Gasteiger partial charge in [-0.3, -0.25) is 4.52 Å². The van der Waals surface area contributed by atoms with Gasteiger partial charge in [0.05, 0.1) is 5.97 Å². The number of aliphatic imine (C=N–C) groups is 1. The molecular formula is C14H14N3O5-. The van der Waals surface area contributed by atoms with E-state index < -0.39 is 17.7 Å². The van der Waals surface area contributed by atoms with Crippen molar-refractivity contribution in [3.63, 3.8) is 0 Å². The number of hydrogen-bond donors (Lipinski definition) is 0. The molecule has 0 spiro atoms. The number of hydrogen-bond acceptors (Lipinski definition) is 7. The first-order chi connectivity index (χ1) is 10.2. The van der Waals surface area contributed by atoms with Crippen molar-refractivity contribution in [3.05, 3.63) is 36.0 Å². The lowest BCUT2D eigenvalue weighted by molar-refractivity contribution is -0.670. The van der Waals surface area contributed by atoms with Crippen molar-refractivity contribution in [3.8, 4) is 5.69 Å². The zero-order chi connectivity index (χ0) is 16.3. The molecule has 2 rings (SSSR count). The lowest BCUT2D eigenvalue weighted by atomic mass is 10.2. The molecule has 0 N–H and O–H groups in total. The maximum Gasteiger partial charge on any atom is 0.323 e. The van der Waals surface area contributed by atoms with Gasteiger partial charge in [0.2, 0.25) is 11.0 Å². The average molecular weight is 304 g/mol. The van der Waals surface area contributed by atoms with Gasteiger partial charge in [-0.25, -0.2) is 0 Å². The van der Waals surface area contributed by atoms with E-state index in [0.717, 1.165) is 0 Å². The summed E-state index contributed by atoms with van der Waals surface area (Å²) in [5.41, 5.74) is -0.0667. The second-order valence-electron chi connectivity index (χ2n) is 5.41. The van der Waals surface area contributed by atoms with Crippen molar-refractivity contribution >= 4 is 17.9 Å². The summed E-state index contributed by atoms with van der Waals surface area (Å²) in [6.07, 6.45) is 0.584. The Balaban J connectivity index is 2.17. The highest BCUT2D eigenvalue weighted by Crippen LogP contribution is 2.12. The van der Waals surface area contributed by atoms with Crippen LogP contribution < -0.4 is 14.9 Å². The number of carboxylic acids is 1. The quantitative estimate of drug-likeness (QED) is 0.428. The van der Waals surface area contributed by atoms with Gasteiger partial charge < -0.3 is 19.7 Å². The molecule has 0 atom stereocenters. The minimum Gasteiger partial charge on any atom is -0.594 e. The number of carbonyl (C=O) groups excluding carboxylic acids is 1. The van der Waals surface area contributed by atoms with Gasteiger partial charge in [0.1, 0.15) is 0 Å². The van der Waals surface area contributed by atoms with E-state index in [1.54, 1.807) is 20.8 Å². The average Bonchev–Trinajstić information content (AvgIpc) is 2.85. The summed E-state index contributed by atoms with van der Waals surface area (Å²) in [6.45, 7) is 5.17. The molecule has 2 aromatic rings. The molecule has 22 heavy (non-hydrogen) atoms. The van der Waals surface area contributed by atoms with Crippen LogP contribution in [0.15, 0.2) is 40.0 Å². The van der Waals surface area contributed by atoms with Crippen molar-refractivity contribution < 1.29 is 28.9 Å². The van der Waals surface area contributed by atoms with Crippen LogP contribution >= 0.6 is 0 Å². The molecule has 8 heteroatoms. The van der Waals surface area contributed by atoms with E-state index in [-0.39, 0.29) is 11.4 Å². The van der Waals surface area contributed by atoms with Crippen molar-refractivity contribution in [1.82, 2.24) is 5.27 Å². The van der Waals surface area contributed by atoms with Crippen molar-refractivity contribution in [1.29, 1.82) is 0 Å². The van der Waals surface area contributed by atoms with Crippen LogP contribution in [0.4, 0.5) is 5.88 Å². The normalized spacial score (nSPS) is 12.2. The molecule has 0 fully saturated rings. The Labute approximate surface area is 126 Å². The molecule has 0 aliphatic rings.